The van der Waals surface area contributed by atoms with Crippen molar-refractivity contribution < 1.29 is 34.1 Å². The molecule has 3 rings (SSSR count). The first-order chi connectivity index (χ1) is 17.7. The highest BCUT2D eigenvalue weighted by Crippen LogP contribution is 2.38. The number of hydrogen-bond donors (Lipinski definition) is 3. The van der Waals surface area contributed by atoms with Gasteiger partial charge in [-0.3, -0.25) is 14.4 Å². The summed E-state index contributed by atoms with van der Waals surface area (Å²) in [6, 6.07) is 2.53. The zero-order valence-electron chi connectivity index (χ0n) is 21.6. The number of aliphatic hydroxyl groups excluding tert-OH is 2. The molecule has 0 bridgehead atoms. The topological polar surface area (TPSA) is 125 Å². The maximum absolute atomic E-state index is 13.5. The Morgan fingerprint density at radius 2 is 2.03 bits per heavy atom. The first kappa shape index (κ1) is 29.4. The van der Waals surface area contributed by atoms with E-state index in [9.17, 15) is 24.6 Å². The number of rotatable bonds is 12. The van der Waals surface area contributed by atoms with Crippen molar-refractivity contribution in [2.24, 2.45) is 11.8 Å². The Labute approximate surface area is 231 Å². The van der Waals surface area contributed by atoms with E-state index in [2.05, 4.69) is 19.2 Å². The molecule has 1 aromatic rings. The van der Waals surface area contributed by atoms with Crippen molar-refractivity contribution in [2.75, 3.05) is 26.8 Å². The third kappa shape index (κ3) is 7.23. The van der Waals surface area contributed by atoms with Gasteiger partial charge in [-0.15, -0.1) is 0 Å². The third-order valence-electron chi connectivity index (χ3n) is 6.94. The van der Waals surface area contributed by atoms with Gasteiger partial charge in [0.2, 0.25) is 11.8 Å². The molecule has 204 valence electrons. The second kappa shape index (κ2) is 13.6. The molecule has 9 nitrogen and oxygen atoms in total. The molecular formula is C27H37IN2O7. The molecule has 0 spiro atoms. The van der Waals surface area contributed by atoms with Gasteiger partial charge in [-0.05, 0) is 66.0 Å². The van der Waals surface area contributed by atoms with E-state index in [4.69, 9.17) is 9.47 Å². The van der Waals surface area contributed by atoms with Gasteiger partial charge in [-0.1, -0.05) is 20.3 Å². The summed E-state index contributed by atoms with van der Waals surface area (Å²) in [5.74, 6) is 0.586. The molecular weight excluding hydrogens is 591 g/mol. The number of aldehydes is 1. The molecule has 0 saturated heterocycles. The first-order valence-corrected chi connectivity index (χ1v) is 13.9. The number of carbonyl (C=O) groups is 3. The normalized spacial score (nSPS) is 21.6. The van der Waals surface area contributed by atoms with E-state index >= 15 is 0 Å². The molecule has 1 saturated carbocycles. The molecule has 37 heavy (non-hydrogen) atoms. The van der Waals surface area contributed by atoms with Crippen molar-refractivity contribution in [3.8, 4) is 11.5 Å². The Balaban J connectivity index is 1.98. The van der Waals surface area contributed by atoms with Crippen LogP contribution in [0.4, 0.5) is 0 Å². The van der Waals surface area contributed by atoms with Gasteiger partial charge in [0.25, 0.3) is 0 Å². The minimum Gasteiger partial charge on any atom is -0.493 e. The number of benzene rings is 1. The molecule has 2 aliphatic rings. The lowest BCUT2D eigenvalue weighted by Gasteiger charge is -2.43. The van der Waals surface area contributed by atoms with E-state index < -0.39 is 18.2 Å². The summed E-state index contributed by atoms with van der Waals surface area (Å²) in [5, 5.41) is 23.4. The average molecular weight is 629 g/mol. The van der Waals surface area contributed by atoms with E-state index in [-0.39, 0.29) is 37.3 Å². The summed E-state index contributed by atoms with van der Waals surface area (Å²) in [6.45, 7) is 4.53. The minimum absolute atomic E-state index is 0.00853. The maximum Gasteiger partial charge on any atom is 0.247 e. The highest BCUT2D eigenvalue weighted by molar-refractivity contribution is 14.1. The van der Waals surface area contributed by atoms with E-state index in [1.54, 1.807) is 23.1 Å². The Morgan fingerprint density at radius 1 is 1.30 bits per heavy atom. The molecule has 0 heterocycles. The van der Waals surface area contributed by atoms with Crippen LogP contribution >= 0.6 is 22.6 Å². The molecule has 3 atom stereocenters. The molecule has 3 N–H and O–H groups in total. The van der Waals surface area contributed by atoms with Gasteiger partial charge in [-0.2, -0.15) is 0 Å². The summed E-state index contributed by atoms with van der Waals surface area (Å²) < 4.78 is 12.3. The van der Waals surface area contributed by atoms with Crippen molar-refractivity contribution in [1.29, 1.82) is 0 Å². The van der Waals surface area contributed by atoms with Crippen LogP contribution in [-0.4, -0.2) is 78.3 Å². The number of nitrogens with zero attached hydrogens (tertiary/aromatic N) is 1. The van der Waals surface area contributed by atoms with Crippen LogP contribution in [0.25, 0.3) is 0 Å². The Morgan fingerprint density at radius 3 is 2.59 bits per heavy atom. The number of ether oxygens (including phenoxy) is 2. The lowest BCUT2D eigenvalue weighted by atomic mass is 9.82. The van der Waals surface area contributed by atoms with Gasteiger partial charge in [0.15, 0.2) is 11.5 Å². The van der Waals surface area contributed by atoms with E-state index in [1.807, 2.05) is 22.6 Å². The largest absolute Gasteiger partial charge is 0.493 e. The number of halogens is 1. The lowest BCUT2D eigenvalue weighted by Crippen LogP contribution is -2.57. The smallest absolute Gasteiger partial charge is 0.247 e. The summed E-state index contributed by atoms with van der Waals surface area (Å²) in [4.78, 5) is 39.5. The highest BCUT2D eigenvalue weighted by Gasteiger charge is 2.42. The number of nitrogens with one attached hydrogen (secondary N) is 1. The number of carbonyl (C=O) groups excluding carboxylic acids is 3. The van der Waals surface area contributed by atoms with Crippen molar-refractivity contribution >= 4 is 40.7 Å². The molecule has 1 aromatic carbocycles. The van der Waals surface area contributed by atoms with Gasteiger partial charge in [0.1, 0.15) is 18.5 Å². The van der Waals surface area contributed by atoms with E-state index in [0.29, 0.717) is 45.0 Å². The standard InChI is InChI=1S/C27H37IN2O7/c1-16(2)7-9-30(27(35)18-5-4-6-18)21-13-19(26(34)29-8-10-31)14-22(24(21)33)37-25-20(28)11-17(15-32)12-23(25)36-3/h11-12,14-16,18,21-22,24,31,33H,4-10,13H2,1-3H3,(H,29,34)/t21-,22+,24+/m1/s1. The van der Waals surface area contributed by atoms with Crippen molar-refractivity contribution in [3.05, 3.63) is 32.9 Å². The SMILES string of the molecule is COc1cc(C=O)cc(I)c1O[C@H]1C=C(C(=O)NCCO)C[C@@H](N(CCC(C)C)C(=O)C2CCC2)[C@@H]1O. The monoisotopic (exact) mass is 628 g/mol. The predicted molar refractivity (Wildman–Crippen MR) is 147 cm³/mol. The van der Waals surface area contributed by atoms with Gasteiger partial charge >= 0.3 is 0 Å². The summed E-state index contributed by atoms with van der Waals surface area (Å²) in [5.41, 5.74) is 0.796. The molecule has 2 amide bonds. The van der Waals surface area contributed by atoms with Crippen LogP contribution in [0.5, 0.6) is 11.5 Å². The Kier molecular flexibility index (Phi) is 10.8. The molecule has 0 aliphatic heterocycles. The number of aliphatic hydroxyl groups is 2. The molecule has 10 heteroatoms. The fourth-order valence-corrected chi connectivity index (χ4v) is 5.32. The Hall–Kier alpha value is -2.18. The van der Waals surface area contributed by atoms with Crippen LogP contribution in [0, 0.1) is 15.4 Å². The predicted octanol–water partition coefficient (Wildman–Crippen LogP) is 2.70. The van der Waals surface area contributed by atoms with E-state index in [1.165, 1.54) is 7.11 Å². The van der Waals surface area contributed by atoms with Crippen molar-refractivity contribution in [2.45, 2.75) is 64.2 Å². The van der Waals surface area contributed by atoms with Crippen LogP contribution in [0.2, 0.25) is 0 Å². The number of amides is 2. The third-order valence-corrected chi connectivity index (χ3v) is 7.74. The summed E-state index contributed by atoms with van der Waals surface area (Å²) in [7, 11) is 1.46. The second-order valence-corrected chi connectivity index (χ2v) is 11.2. The maximum atomic E-state index is 13.5. The average Bonchev–Trinajstić information content (AvgIpc) is 2.83. The zero-order valence-corrected chi connectivity index (χ0v) is 23.8. The fourth-order valence-electron chi connectivity index (χ4n) is 4.56. The zero-order chi connectivity index (χ0) is 27.1. The molecule has 2 aliphatic carbocycles. The fraction of sp³-hybridized carbons (Fsp3) is 0.593. The lowest BCUT2D eigenvalue weighted by molar-refractivity contribution is -0.145. The summed E-state index contributed by atoms with van der Waals surface area (Å²) in [6.07, 6.45) is 3.85. The van der Waals surface area contributed by atoms with Gasteiger partial charge in [0, 0.05) is 36.6 Å². The van der Waals surface area contributed by atoms with Crippen LogP contribution in [-0.2, 0) is 9.59 Å². The van der Waals surface area contributed by atoms with Crippen LogP contribution < -0.4 is 14.8 Å². The molecule has 0 unspecified atom stereocenters. The van der Waals surface area contributed by atoms with E-state index in [0.717, 1.165) is 25.7 Å². The van der Waals surface area contributed by atoms with Gasteiger partial charge in [-0.25, -0.2) is 0 Å². The van der Waals surface area contributed by atoms with Crippen LogP contribution in [0.1, 0.15) is 56.3 Å². The molecule has 1 fully saturated rings. The number of methoxy groups -OCH3 is 1. The van der Waals surface area contributed by atoms with Crippen LogP contribution in [0.3, 0.4) is 0 Å². The highest BCUT2D eigenvalue weighted by atomic mass is 127. The summed E-state index contributed by atoms with van der Waals surface area (Å²) >= 11 is 2.03. The molecule has 0 aromatic heterocycles. The second-order valence-electron chi connectivity index (χ2n) is 10.0. The first-order valence-electron chi connectivity index (χ1n) is 12.8. The van der Waals surface area contributed by atoms with Crippen LogP contribution in [0.15, 0.2) is 23.8 Å². The van der Waals surface area contributed by atoms with Gasteiger partial charge < -0.3 is 29.9 Å². The quantitative estimate of drug-likeness (QED) is 0.240. The van der Waals surface area contributed by atoms with Gasteiger partial charge in [0.05, 0.1) is 23.3 Å². The molecule has 0 radical (unpaired) electrons. The Bertz CT molecular complexity index is 1010. The number of hydrogen-bond acceptors (Lipinski definition) is 7. The van der Waals surface area contributed by atoms with Crippen molar-refractivity contribution in [3.63, 3.8) is 0 Å². The minimum atomic E-state index is -1.10. The van der Waals surface area contributed by atoms with Crippen molar-refractivity contribution in [1.82, 2.24) is 10.2 Å².